The van der Waals surface area contributed by atoms with Crippen LogP contribution in [0.25, 0.3) is 0 Å². The maximum absolute atomic E-state index is 5.49. The maximum atomic E-state index is 5.49. The summed E-state index contributed by atoms with van der Waals surface area (Å²) in [5.74, 6) is 2.69. The minimum absolute atomic E-state index is 0.555. The lowest BCUT2D eigenvalue weighted by Crippen LogP contribution is -1.67. The number of allylic oxidation sites excluding steroid dienone is 2. The van der Waals surface area contributed by atoms with E-state index < -0.39 is 0 Å². The molecule has 1 nitrogen and oxygen atoms in total. The van der Waals surface area contributed by atoms with Gasteiger partial charge in [0.05, 0.1) is 5.88 Å². The summed E-state index contributed by atoms with van der Waals surface area (Å²) in [4.78, 5) is 0. The summed E-state index contributed by atoms with van der Waals surface area (Å²) in [6, 6.07) is 0. The molecule has 0 aromatic carbocycles. The summed E-state index contributed by atoms with van der Waals surface area (Å²) in [5.41, 5.74) is 0. The Balaban J connectivity index is 2.09. The Morgan fingerprint density at radius 3 is 2.67 bits per heavy atom. The predicted molar refractivity (Wildman–Crippen MR) is 38.4 cm³/mol. The number of rotatable bonds is 4. The molecule has 0 amide bonds. The average Bonchev–Trinajstić information content (AvgIpc) is 2.62. The van der Waals surface area contributed by atoms with Gasteiger partial charge in [0.2, 0.25) is 0 Å². The van der Waals surface area contributed by atoms with E-state index in [1.807, 2.05) is 0 Å². The number of unbranched alkanes of at least 4 members (excludes halogenated alkanes) is 1. The maximum Gasteiger partial charge on any atom is 0.157 e. The van der Waals surface area contributed by atoms with E-state index in [1.54, 1.807) is 0 Å². The first-order chi connectivity index (χ1) is 4.38. The Morgan fingerprint density at radius 1 is 1.44 bits per heavy atom. The number of ether oxygens (including phenoxy) is 1. The molecule has 1 heterocycles. The van der Waals surface area contributed by atoms with Gasteiger partial charge in [-0.25, -0.2) is 0 Å². The molecule has 1 aliphatic heterocycles. The van der Waals surface area contributed by atoms with Gasteiger partial charge >= 0.3 is 0 Å². The summed E-state index contributed by atoms with van der Waals surface area (Å²) < 4.78 is 5.07. The first-order valence-electron chi connectivity index (χ1n) is 3.34. The SMILES string of the molecule is CCCCC1=C(CCl)O1. The second-order valence-corrected chi connectivity index (χ2v) is 2.45. The molecule has 1 aliphatic rings. The third kappa shape index (κ3) is 1.90. The zero-order chi connectivity index (χ0) is 6.69. The van der Waals surface area contributed by atoms with Gasteiger partial charge in [0.1, 0.15) is 5.76 Å². The summed E-state index contributed by atoms with van der Waals surface area (Å²) in [6.07, 6.45) is 3.52. The normalized spacial score (nSPS) is 15.8. The molecule has 1 rings (SSSR count). The molecular formula is C7H11ClO. The van der Waals surface area contributed by atoms with Gasteiger partial charge in [-0.3, -0.25) is 0 Å². The van der Waals surface area contributed by atoms with Crippen LogP contribution in [0.2, 0.25) is 0 Å². The molecule has 0 radical (unpaired) electrons. The molecule has 0 N–H and O–H groups in total. The van der Waals surface area contributed by atoms with Crippen LogP contribution in [0.15, 0.2) is 11.5 Å². The van der Waals surface area contributed by atoms with Crippen molar-refractivity contribution < 1.29 is 4.74 Å². The van der Waals surface area contributed by atoms with E-state index >= 15 is 0 Å². The first-order valence-corrected chi connectivity index (χ1v) is 3.87. The van der Waals surface area contributed by atoms with Crippen LogP contribution in [0.5, 0.6) is 0 Å². The van der Waals surface area contributed by atoms with Crippen molar-refractivity contribution in [2.45, 2.75) is 26.2 Å². The quantitative estimate of drug-likeness (QED) is 0.556. The molecule has 0 fully saturated rings. The molecule has 52 valence electrons. The van der Waals surface area contributed by atoms with Crippen LogP contribution in [0.4, 0.5) is 0 Å². The first kappa shape index (κ1) is 6.94. The average molecular weight is 147 g/mol. The Morgan fingerprint density at radius 2 is 2.22 bits per heavy atom. The lowest BCUT2D eigenvalue weighted by atomic mass is 10.2. The van der Waals surface area contributed by atoms with E-state index in [4.69, 9.17) is 16.3 Å². The van der Waals surface area contributed by atoms with Gasteiger partial charge in [0.15, 0.2) is 5.76 Å². The largest absolute Gasteiger partial charge is 0.458 e. The number of hydrogen-bond acceptors (Lipinski definition) is 1. The van der Waals surface area contributed by atoms with Crippen LogP contribution < -0.4 is 0 Å². The second kappa shape index (κ2) is 3.11. The Bertz CT molecular complexity index is 129. The minimum atomic E-state index is 0.555. The van der Waals surface area contributed by atoms with Gasteiger partial charge in [-0.1, -0.05) is 13.3 Å². The predicted octanol–water partition coefficient (Wildman–Crippen LogP) is 2.66. The Hall–Kier alpha value is -0.170. The lowest BCUT2D eigenvalue weighted by molar-refractivity contribution is 0.451. The zero-order valence-corrected chi connectivity index (χ0v) is 6.37. The monoisotopic (exact) mass is 146 g/mol. The highest BCUT2D eigenvalue weighted by atomic mass is 35.5. The van der Waals surface area contributed by atoms with E-state index in [0.29, 0.717) is 5.88 Å². The van der Waals surface area contributed by atoms with Gasteiger partial charge in [-0.15, -0.1) is 11.6 Å². The van der Waals surface area contributed by atoms with Gasteiger partial charge < -0.3 is 4.74 Å². The van der Waals surface area contributed by atoms with Crippen LogP contribution in [0.1, 0.15) is 26.2 Å². The standard InChI is InChI=1S/C7H11ClO/c1-2-3-4-6-7(5-8)9-6/h2-5H2,1H3. The van der Waals surface area contributed by atoms with E-state index in [9.17, 15) is 0 Å². The number of alkyl halides is 1. The van der Waals surface area contributed by atoms with Crippen molar-refractivity contribution in [1.82, 2.24) is 0 Å². The van der Waals surface area contributed by atoms with E-state index in [2.05, 4.69) is 6.92 Å². The second-order valence-electron chi connectivity index (χ2n) is 2.19. The van der Waals surface area contributed by atoms with E-state index in [1.165, 1.54) is 12.8 Å². The van der Waals surface area contributed by atoms with Crippen molar-refractivity contribution in [3.8, 4) is 0 Å². The highest BCUT2D eigenvalue weighted by molar-refractivity contribution is 6.19. The summed E-state index contributed by atoms with van der Waals surface area (Å²) in [5, 5.41) is 0. The fraction of sp³-hybridized carbons (Fsp3) is 0.714. The van der Waals surface area contributed by atoms with Crippen molar-refractivity contribution in [2.24, 2.45) is 0 Å². The molecule has 0 saturated carbocycles. The minimum Gasteiger partial charge on any atom is -0.458 e. The molecule has 0 atom stereocenters. The molecular weight excluding hydrogens is 136 g/mol. The van der Waals surface area contributed by atoms with Crippen LogP contribution in [-0.4, -0.2) is 5.88 Å². The fourth-order valence-corrected chi connectivity index (χ4v) is 0.956. The van der Waals surface area contributed by atoms with Crippen molar-refractivity contribution >= 4 is 11.6 Å². The molecule has 0 aromatic rings. The van der Waals surface area contributed by atoms with E-state index in [0.717, 1.165) is 17.9 Å². The van der Waals surface area contributed by atoms with Crippen LogP contribution >= 0.6 is 11.6 Å². The molecule has 9 heavy (non-hydrogen) atoms. The zero-order valence-electron chi connectivity index (χ0n) is 5.61. The summed E-state index contributed by atoms with van der Waals surface area (Å²) in [6.45, 7) is 2.17. The van der Waals surface area contributed by atoms with Crippen LogP contribution in [0.3, 0.4) is 0 Å². The highest BCUT2D eigenvalue weighted by Gasteiger charge is 2.21. The smallest absolute Gasteiger partial charge is 0.157 e. The molecule has 0 unspecified atom stereocenters. The molecule has 2 heteroatoms. The van der Waals surface area contributed by atoms with Crippen molar-refractivity contribution in [3.63, 3.8) is 0 Å². The molecule has 0 aromatic heterocycles. The van der Waals surface area contributed by atoms with Crippen LogP contribution in [-0.2, 0) is 4.74 Å². The molecule has 0 bridgehead atoms. The molecule has 0 aliphatic carbocycles. The summed E-state index contributed by atoms with van der Waals surface area (Å²) >= 11 is 5.49. The fourth-order valence-electron chi connectivity index (χ4n) is 0.753. The van der Waals surface area contributed by atoms with Gasteiger partial charge in [-0.2, -0.15) is 0 Å². The topological polar surface area (TPSA) is 12.5 Å². The lowest BCUT2D eigenvalue weighted by Gasteiger charge is -1.83. The molecule has 0 spiro atoms. The summed E-state index contributed by atoms with van der Waals surface area (Å²) in [7, 11) is 0. The van der Waals surface area contributed by atoms with Crippen molar-refractivity contribution in [3.05, 3.63) is 11.5 Å². The number of halogens is 1. The van der Waals surface area contributed by atoms with E-state index in [-0.39, 0.29) is 0 Å². The van der Waals surface area contributed by atoms with Crippen LogP contribution in [0, 0.1) is 0 Å². The molecule has 0 saturated heterocycles. The Kier molecular flexibility index (Phi) is 2.40. The van der Waals surface area contributed by atoms with Crippen molar-refractivity contribution in [2.75, 3.05) is 5.88 Å². The third-order valence-electron chi connectivity index (χ3n) is 1.39. The highest BCUT2D eigenvalue weighted by Crippen LogP contribution is 2.31. The Labute approximate surface area is 60.7 Å². The van der Waals surface area contributed by atoms with Gasteiger partial charge in [0.25, 0.3) is 0 Å². The van der Waals surface area contributed by atoms with Gasteiger partial charge in [0, 0.05) is 6.42 Å². The number of hydrogen-bond donors (Lipinski definition) is 0. The van der Waals surface area contributed by atoms with Crippen molar-refractivity contribution in [1.29, 1.82) is 0 Å². The van der Waals surface area contributed by atoms with Gasteiger partial charge in [-0.05, 0) is 6.42 Å². The third-order valence-corrected chi connectivity index (χ3v) is 1.64.